The third kappa shape index (κ3) is 2.79. The van der Waals surface area contributed by atoms with Crippen molar-refractivity contribution in [3.8, 4) is 0 Å². The molecule has 4 rings (SSSR count). The fraction of sp³-hybridized carbons (Fsp3) is 0.533. The van der Waals surface area contributed by atoms with Gasteiger partial charge in [-0.2, -0.15) is 0 Å². The molecule has 0 spiro atoms. The molecule has 3 saturated heterocycles. The molecule has 3 fully saturated rings. The minimum absolute atomic E-state index is 0.0165. The van der Waals surface area contributed by atoms with Crippen molar-refractivity contribution in [2.45, 2.75) is 23.8 Å². The summed E-state index contributed by atoms with van der Waals surface area (Å²) in [5.41, 5.74) is 0.649. The Labute approximate surface area is 122 Å². The van der Waals surface area contributed by atoms with Gasteiger partial charge in [0.15, 0.2) is 0 Å². The zero-order chi connectivity index (χ0) is 14.1. The van der Waals surface area contributed by atoms with Gasteiger partial charge in [-0.1, -0.05) is 0 Å². The number of amides is 1. The van der Waals surface area contributed by atoms with Crippen LogP contribution in [0.2, 0.25) is 0 Å². The topological polar surface area (TPSA) is 49.4 Å². The molecule has 1 N–H and O–H groups in total. The number of carbonyl (C=O) groups excluding carboxylic acids is 1. The molecular formula is C15H20N2O2S. The summed E-state index contributed by atoms with van der Waals surface area (Å²) in [4.78, 5) is 15.4. The van der Waals surface area contributed by atoms with E-state index in [-0.39, 0.29) is 11.9 Å². The monoisotopic (exact) mass is 292 g/mol. The standard InChI is InChI=1S/C15H20N2O2S/c1-20(19)13-4-2-12(3-5-13)15(18)16-14-10-17-8-6-11(14)7-9-17/h2-5,11,14H,6-10H2,1H3,(H,16,18). The van der Waals surface area contributed by atoms with Gasteiger partial charge in [0.1, 0.15) is 0 Å². The first kappa shape index (κ1) is 13.8. The third-order valence-corrected chi connectivity index (χ3v) is 5.36. The van der Waals surface area contributed by atoms with E-state index in [1.165, 1.54) is 25.9 Å². The molecule has 1 amide bonds. The summed E-state index contributed by atoms with van der Waals surface area (Å²) in [6, 6.07) is 7.33. The van der Waals surface area contributed by atoms with Gasteiger partial charge in [-0.3, -0.25) is 9.00 Å². The second kappa shape index (κ2) is 5.66. The summed E-state index contributed by atoms with van der Waals surface area (Å²) in [6.45, 7) is 3.33. The molecular weight excluding hydrogens is 272 g/mol. The molecule has 2 unspecified atom stereocenters. The molecule has 3 aliphatic rings. The van der Waals surface area contributed by atoms with E-state index < -0.39 is 10.8 Å². The van der Waals surface area contributed by atoms with E-state index in [1.807, 2.05) is 0 Å². The predicted molar refractivity (Wildman–Crippen MR) is 79.2 cm³/mol. The van der Waals surface area contributed by atoms with E-state index in [2.05, 4.69) is 10.2 Å². The van der Waals surface area contributed by atoms with Gasteiger partial charge in [0.2, 0.25) is 0 Å². The molecule has 1 aromatic rings. The molecule has 0 aromatic heterocycles. The fourth-order valence-corrected chi connectivity index (χ4v) is 3.70. The number of nitrogens with zero attached hydrogens (tertiary/aromatic N) is 1. The summed E-state index contributed by atoms with van der Waals surface area (Å²) in [6.07, 6.45) is 4.03. The first-order valence-corrected chi connectivity index (χ1v) is 8.66. The van der Waals surface area contributed by atoms with E-state index in [0.29, 0.717) is 11.5 Å². The number of hydrogen-bond donors (Lipinski definition) is 1. The van der Waals surface area contributed by atoms with Crippen LogP contribution in [-0.4, -0.2) is 46.9 Å². The number of benzene rings is 1. The number of nitrogens with one attached hydrogen (secondary N) is 1. The van der Waals surface area contributed by atoms with Crippen LogP contribution in [-0.2, 0) is 10.8 Å². The molecule has 1 aromatic carbocycles. The Morgan fingerprint density at radius 2 is 1.90 bits per heavy atom. The van der Waals surface area contributed by atoms with Crippen LogP contribution in [0.4, 0.5) is 0 Å². The van der Waals surface area contributed by atoms with Crippen LogP contribution in [0.15, 0.2) is 29.2 Å². The highest BCUT2D eigenvalue weighted by Gasteiger charge is 2.34. The summed E-state index contributed by atoms with van der Waals surface area (Å²) in [5, 5.41) is 3.16. The highest BCUT2D eigenvalue weighted by molar-refractivity contribution is 7.84. The lowest BCUT2D eigenvalue weighted by molar-refractivity contribution is 0.0620. The lowest BCUT2D eigenvalue weighted by atomic mass is 9.84. The lowest BCUT2D eigenvalue weighted by Gasteiger charge is -2.44. The maximum atomic E-state index is 12.3. The summed E-state index contributed by atoms with van der Waals surface area (Å²) >= 11 is 0. The Hall–Kier alpha value is -1.20. The number of piperidine rings is 3. The van der Waals surface area contributed by atoms with Crippen LogP contribution in [0.1, 0.15) is 23.2 Å². The molecule has 2 atom stereocenters. The van der Waals surface area contributed by atoms with Crippen LogP contribution in [0.3, 0.4) is 0 Å². The van der Waals surface area contributed by atoms with Gasteiger partial charge in [0.25, 0.3) is 5.91 Å². The van der Waals surface area contributed by atoms with Gasteiger partial charge in [0, 0.05) is 40.1 Å². The van der Waals surface area contributed by atoms with Crippen molar-refractivity contribution in [3.05, 3.63) is 29.8 Å². The van der Waals surface area contributed by atoms with Crippen molar-refractivity contribution in [3.63, 3.8) is 0 Å². The number of rotatable bonds is 3. The van der Waals surface area contributed by atoms with Crippen molar-refractivity contribution in [1.29, 1.82) is 0 Å². The first-order chi connectivity index (χ1) is 9.63. The summed E-state index contributed by atoms with van der Waals surface area (Å²) in [5.74, 6) is 0.614. The Bertz CT molecular complexity index is 521. The zero-order valence-electron chi connectivity index (χ0n) is 11.7. The van der Waals surface area contributed by atoms with E-state index in [9.17, 15) is 9.00 Å². The lowest BCUT2D eigenvalue weighted by Crippen LogP contribution is -2.57. The van der Waals surface area contributed by atoms with Crippen LogP contribution in [0, 0.1) is 5.92 Å². The van der Waals surface area contributed by atoms with Crippen LogP contribution in [0.25, 0.3) is 0 Å². The van der Waals surface area contributed by atoms with Crippen LogP contribution >= 0.6 is 0 Å². The van der Waals surface area contributed by atoms with E-state index in [0.717, 1.165) is 11.4 Å². The van der Waals surface area contributed by atoms with Gasteiger partial charge >= 0.3 is 0 Å². The van der Waals surface area contributed by atoms with Crippen molar-refractivity contribution >= 4 is 16.7 Å². The minimum Gasteiger partial charge on any atom is -0.348 e. The van der Waals surface area contributed by atoms with Crippen molar-refractivity contribution < 1.29 is 9.00 Å². The van der Waals surface area contributed by atoms with Crippen molar-refractivity contribution in [2.24, 2.45) is 5.92 Å². The molecule has 2 bridgehead atoms. The molecule has 3 aliphatic heterocycles. The first-order valence-electron chi connectivity index (χ1n) is 7.10. The molecule has 0 saturated carbocycles. The van der Waals surface area contributed by atoms with E-state index in [4.69, 9.17) is 0 Å². The zero-order valence-corrected chi connectivity index (χ0v) is 12.5. The van der Waals surface area contributed by atoms with E-state index >= 15 is 0 Å². The van der Waals surface area contributed by atoms with Gasteiger partial charge < -0.3 is 10.2 Å². The molecule has 108 valence electrons. The maximum absolute atomic E-state index is 12.3. The predicted octanol–water partition coefficient (Wildman–Crippen LogP) is 1.25. The maximum Gasteiger partial charge on any atom is 0.251 e. The Morgan fingerprint density at radius 3 is 2.40 bits per heavy atom. The summed E-state index contributed by atoms with van der Waals surface area (Å²) in [7, 11) is -0.996. The number of hydrogen-bond acceptors (Lipinski definition) is 3. The Morgan fingerprint density at radius 1 is 1.25 bits per heavy atom. The summed E-state index contributed by atoms with van der Waals surface area (Å²) < 4.78 is 11.3. The molecule has 20 heavy (non-hydrogen) atoms. The van der Waals surface area contributed by atoms with Gasteiger partial charge in [0.05, 0.1) is 0 Å². The molecule has 4 nitrogen and oxygen atoms in total. The second-order valence-corrected chi connectivity index (χ2v) is 7.08. The molecule has 5 heteroatoms. The molecule has 3 heterocycles. The van der Waals surface area contributed by atoms with Crippen LogP contribution < -0.4 is 5.32 Å². The van der Waals surface area contributed by atoms with Crippen molar-refractivity contribution in [2.75, 3.05) is 25.9 Å². The number of fused-ring (bicyclic) bond motifs is 3. The average molecular weight is 292 g/mol. The smallest absolute Gasteiger partial charge is 0.251 e. The number of carbonyl (C=O) groups is 1. The van der Waals surface area contributed by atoms with Crippen LogP contribution in [0.5, 0.6) is 0 Å². The van der Waals surface area contributed by atoms with E-state index in [1.54, 1.807) is 30.5 Å². The minimum atomic E-state index is -0.996. The highest BCUT2D eigenvalue weighted by atomic mass is 32.2. The van der Waals surface area contributed by atoms with Gasteiger partial charge in [-0.25, -0.2) is 0 Å². The Balaban J connectivity index is 1.65. The largest absolute Gasteiger partial charge is 0.348 e. The highest BCUT2D eigenvalue weighted by Crippen LogP contribution is 2.27. The molecule has 0 aliphatic carbocycles. The quantitative estimate of drug-likeness (QED) is 0.912. The normalized spacial score (nSPS) is 29.9. The van der Waals surface area contributed by atoms with Gasteiger partial charge in [-0.15, -0.1) is 0 Å². The second-order valence-electron chi connectivity index (χ2n) is 5.70. The Kier molecular flexibility index (Phi) is 3.89. The van der Waals surface area contributed by atoms with Gasteiger partial charge in [-0.05, 0) is 56.1 Å². The van der Waals surface area contributed by atoms with Crippen molar-refractivity contribution in [1.82, 2.24) is 10.2 Å². The SMILES string of the molecule is CS(=O)c1ccc(C(=O)NC2CN3CCC2CC3)cc1. The fourth-order valence-electron chi connectivity index (χ4n) is 3.18. The molecule has 0 radical (unpaired) electrons. The average Bonchev–Trinajstić information content (AvgIpc) is 2.48. The third-order valence-electron chi connectivity index (χ3n) is 4.42.